The zero-order chi connectivity index (χ0) is 34.3. The van der Waals surface area contributed by atoms with Gasteiger partial charge in [-0.15, -0.1) is 0 Å². The first-order valence-electron chi connectivity index (χ1n) is 15.0. The summed E-state index contributed by atoms with van der Waals surface area (Å²) in [6.07, 6.45) is 2.83. The molecule has 6 rings (SSSR count). The zero-order valence-electron chi connectivity index (χ0n) is 26.4. The summed E-state index contributed by atoms with van der Waals surface area (Å²) in [6, 6.07) is 36.1. The second-order valence-corrected chi connectivity index (χ2v) is 15.0. The molecule has 0 fully saturated rings. The molecule has 0 saturated heterocycles. The topological polar surface area (TPSA) is 104 Å². The van der Waals surface area contributed by atoms with E-state index >= 15 is 0 Å². The van der Waals surface area contributed by atoms with Gasteiger partial charge in [-0.05, 0) is 60.7 Å². The van der Waals surface area contributed by atoms with Gasteiger partial charge >= 0.3 is 0 Å². The molecule has 2 aromatic heterocycles. The van der Waals surface area contributed by atoms with E-state index in [1.54, 1.807) is 57.9 Å². The molecule has 0 unspecified atom stereocenters. The number of aromatic nitrogens is 4. The summed E-state index contributed by atoms with van der Waals surface area (Å²) in [4.78, 5) is 0.507. The Morgan fingerprint density at radius 2 is 0.854 bits per heavy atom. The van der Waals surface area contributed by atoms with Crippen molar-refractivity contribution in [2.45, 2.75) is 22.6 Å². The minimum absolute atomic E-state index is 0.244. The molecular weight excluding hydrogens is 655 g/mol. The van der Waals surface area contributed by atoms with Gasteiger partial charge in [0.05, 0.1) is 57.3 Å². The predicted molar refractivity (Wildman–Crippen MR) is 184 cm³/mol. The lowest BCUT2D eigenvalue weighted by atomic mass is 10.1. The van der Waals surface area contributed by atoms with Crippen molar-refractivity contribution >= 4 is 19.7 Å². The molecule has 0 N–H and O–H groups in total. The Balaban J connectivity index is 0.000000188. The molecule has 6 aromatic rings. The van der Waals surface area contributed by atoms with Gasteiger partial charge in [0.25, 0.3) is 0 Å². The van der Waals surface area contributed by atoms with Gasteiger partial charge in [-0.1, -0.05) is 60.7 Å². The molecule has 4 aromatic carbocycles. The number of benzene rings is 4. The highest BCUT2D eigenvalue weighted by Gasteiger charge is 2.15. The van der Waals surface area contributed by atoms with Crippen LogP contribution < -0.4 is 0 Å². The number of halogens is 2. The predicted octanol–water partition coefficient (Wildman–Crippen LogP) is 6.91. The van der Waals surface area contributed by atoms with E-state index in [1.807, 2.05) is 72.8 Å². The quantitative estimate of drug-likeness (QED) is 0.155. The Kier molecular flexibility index (Phi) is 10.7. The molecule has 0 aliphatic rings. The van der Waals surface area contributed by atoms with Crippen LogP contribution in [-0.2, 0) is 32.5 Å². The van der Waals surface area contributed by atoms with Gasteiger partial charge in [-0.3, -0.25) is 8.78 Å². The molecular formula is C36H34F2N4O4S2. The van der Waals surface area contributed by atoms with Crippen molar-refractivity contribution in [2.75, 3.05) is 25.9 Å². The molecule has 0 aliphatic heterocycles. The van der Waals surface area contributed by atoms with Crippen LogP contribution in [0.15, 0.2) is 131 Å². The Bertz CT molecular complexity index is 2030. The fourth-order valence-corrected chi connectivity index (χ4v) is 6.25. The van der Waals surface area contributed by atoms with E-state index in [2.05, 4.69) is 10.2 Å². The molecule has 0 saturated carbocycles. The molecule has 0 spiro atoms. The van der Waals surface area contributed by atoms with Crippen LogP contribution in [0, 0.1) is 0 Å². The van der Waals surface area contributed by atoms with Crippen LogP contribution in [0.25, 0.3) is 33.9 Å². The Morgan fingerprint density at radius 3 is 1.15 bits per heavy atom. The Morgan fingerprint density at radius 1 is 0.521 bits per heavy atom. The maximum atomic E-state index is 12.7. The third-order valence-corrected chi connectivity index (χ3v) is 9.64. The molecule has 0 atom stereocenters. The SMILES string of the molecule is CS(=O)(=O)c1ccc(-n2nc(CCF)cc2-c2ccccc2)cc1.CS(=O)(=O)c1ccc(-n2nc(CCF)cc2-c2ccccc2)cc1. The summed E-state index contributed by atoms with van der Waals surface area (Å²) in [6.45, 7) is -0.948. The molecule has 12 heteroatoms. The molecule has 8 nitrogen and oxygen atoms in total. The Labute approximate surface area is 279 Å². The molecule has 0 radical (unpaired) electrons. The normalized spacial score (nSPS) is 11.6. The van der Waals surface area contributed by atoms with Crippen molar-refractivity contribution < 1.29 is 25.6 Å². The van der Waals surface area contributed by atoms with Crippen molar-refractivity contribution in [3.8, 4) is 33.9 Å². The highest BCUT2D eigenvalue weighted by Crippen LogP contribution is 2.26. The molecule has 0 bridgehead atoms. The monoisotopic (exact) mass is 688 g/mol. The standard InChI is InChI=1S/2C18H17FN2O2S/c2*1-24(22,23)17-9-7-16(8-10-17)21-18(13-15(20-21)11-12-19)14-5-3-2-4-6-14/h2*2-10,13H,11-12H2,1H3. The second-order valence-electron chi connectivity index (χ2n) is 11.0. The Hall–Kier alpha value is -4.94. The average Bonchev–Trinajstić information content (AvgIpc) is 3.71. The fourth-order valence-electron chi connectivity index (χ4n) is 4.99. The van der Waals surface area contributed by atoms with Crippen LogP contribution in [0.5, 0.6) is 0 Å². The molecule has 48 heavy (non-hydrogen) atoms. The second kappa shape index (κ2) is 14.9. The van der Waals surface area contributed by atoms with Crippen LogP contribution >= 0.6 is 0 Å². The van der Waals surface area contributed by atoms with Crippen molar-refractivity contribution in [1.82, 2.24) is 19.6 Å². The van der Waals surface area contributed by atoms with E-state index in [-0.39, 0.29) is 22.6 Å². The van der Waals surface area contributed by atoms with E-state index in [0.29, 0.717) is 11.4 Å². The van der Waals surface area contributed by atoms with Gasteiger partial charge in [0.15, 0.2) is 19.7 Å². The van der Waals surface area contributed by atoms with E-state index < -0.39 is 33.0 Å². The van der Waals surface area contributed by atoms with Gasteiger partial charge in [0.2, 0.25) is 0 Å². The zero-order valence-corrected chi connectivity index (χ0v) is 28.0. The van der Waals surface area contributed by atoms with E-state index in [0.717, 1.165) is 33.9 Å². The van der Waals surface area contributed by atoms with Crippen molar-refractivity contribution in [3.05, 3.63) is 133 Å². The van der Waals surface area contributed by atoms with E-state index in [9.17, 15) is 25.6 Å². The molecule has 2 heterocycles. The van der Waals surface area contributed by atoms with Crippen molar-refractivity contribution in [1.29, 1.82) is 0 Å². The van der Waals surface area contributed by atoms with Gasteiger partial charge < -0.3 is 0 Å². The summed E-state index contributed by atoms with van der Waals surface area (Å²) < 4.78 is 75.2. The number of aryl methyl sites for hydroxylation is 2. The summed E-state index contributed by atoms with van der Waals surface area (Å²) >= 11 is 0. The van der Waals surface area contributed by atoms with Crippen LogP contribution in [0.2, 0.25) is 0 Å². The number of rotatable bonds is 10. The molecule has 0 amide bonds. The first-order chi connectivity index (χ1) is 23.0. The minimum atomic E-state index is -3.25. The van der Waals surface area contributed by atoms with Crippen LogP contribution in [0.1, 0.15) is 11.4 Å². The number of nitrogens with zero attached hydrogens (tertiary/aromatic N) is 4. The van der Waals surface area contributed by atoms with Crippen molar-refractivity contribution in [3.63, 3.8) is 0 Å². The lowest BCUT2D eigenvalue weighted by Crippen LogP contribution is -2.02. The first kappa shape index (κ1) is 34.4. The summed E-state index contributed by atoms with van der Waals surface area (Å²) in [5.41, 5.74) is 6.37. The van der Waals surface area contributed by atoms with Gasteiger partial charge in [0.1, 0.15) is 0 Å². The highest BCUT2D eigenvalue weighted by molar-refractivity contribution is 7.91. The van der Waals surface area contributed by atoms with Gasteiger partial charge in [-0.25, -0.2) is 26.2 Å². The van der Waals surface area contributed by atoms with E-state index in [1.165, 1.54) is 12.5 Å². The van der Waals surface area contributed by atoms with E-state index in [4.69, 9.17) is 0 Å². The highest BCUT2D eigenvalue weighted by atomic mass is 32.2. The summed E-state index contributed by atoms with van der Waals surface area (Å²) in [5.74, 6) is 0. The number of sulfone groups is 2. The lowest BCUT2D eigenvalue weighted by molar-refractivity contribution is 0.490. The van der Waals surface area contributed by atoms with Gasteiger partial charge in [0, 0.05) is 36.5 Å². The summed E-state index contributed by atoms with van der Waals surface area (Å²) in [5, 5.41) is 8.93. The van der Waals surface area contributed by atoms with Crippen molar-refractivity contribution in [2.24, 2.45) is 0 Å². The van der Waals surface area contributed by atoms with Gasteiger partial charge in [-0.2, -0.15) is 10.2 Å². The lowest BCUT2D eigenvalue weighted by Gasteiger charge is -2.08. The largest absolute Gasteiger partial charge is 0.251 e. The van der Waals surface area contributed by atoms with Crippen LogP contribution in [-0.4, -0.2) is 62.3 Å². The fraction of sp³-hybridized carbons (Fsp3) is 0.167. The molecule has 0 aliphatic carbocycles. The maximum absolute atomic E-state index is 12.7. The number of hydrogen-bond donors (Lipinski definition) is 0. The van der Waals surface area contributed by atoms with Crippen LogP contribution in [0.3, 0.4) is 0 Å². The third-order valence-electron chi connectivity index (χ3n) is 7.38. The third kappa shape index (κ3) is 8.31. The number of alkyl halides is 2. The summed E-state index contributed by atoms with van der Waals surface area (Å²) in [7, 11) is -6.49. The number of hydrogen-bond acceptors (Lipinski definition) is 6. The maximum Gasteiger partial charge on any atom is 0.175 e. The van der Waals surface area contributed by atoms with Crippen LogP contribution in [0.4, 0.5) is 8.78 Å². The average molecular weight is 689 g/mol. The first-order valence-corrected chi connectivity index (χ1v) is 18.8. The minimum Gasteiger partial charge on any atom is -0.251 e. The molecule has 248 valence electrons. The smallest absolute Gasteiger partial charge is 0.175 e.